The fourth-order valence-corrected chi connectivity index (χ4v) is 2.99. The van der Waals surface area contributed by atoms with Crippen LogP contribution in [-0.2, 0) is 14.3 Å². The van der Waals surface area contributed by atoms with Crippen LogP contribution in [0.4, 0.5) is 20.6 Å². The van der Waals surface area contributed by atoms with Gasteiger partial charge in [-0.15, -0.1) is 0 Å². The van der Waals surface area contributed by atoms with Gasteiger partial charge in [0.2, 0.25) is 5.91 Å². The van der Waals surface area contributed by atoms with Crippen molar-refractivity contribution in [2.75, 3.05) is 49.9 Å². The molecule has 3 rings (SSSR count). The van der Waals surface area contributed by atoms with E-state index in [0.29, 0.717) is 5.69 Å². The Balaban J connectivity index is 1.68. The van der Waals surface area contributed by atoms with Crippen LogP contribution in [0.5, 0.6) is 0 Å². The number of nitrogens with one attached hydrogen (secondary N) is 1. The van der Waals surface area contributed by atoms with Gasteiger partial charge >= 0.3 is 6.09 Å². The van der Waals surface area contributed by atoms with Crippen LogP contribution < -0.4 is 15.1 Å². The topological polar surface area (TPSA) is 94.6 Å². The quantitative estimate of drug-likeness (QED) is 0.681. The first-order valence-corrected chi connectivity index (χ1v) is 8.57. The molecular weight excluding hydrogens is 379 g/mol. The van der Waals surface area contributed by atoms with Crippen molar-refractivity contribution in [2.24, 2.45) is 0 Å². The summed E-state index contributed by atoms with van der Waals surface area (Å²) < 4.78 is 24.6. The van der Waals surface area contributed by atoms with Gasteiger partial charge in [0.1, 0.15) is 18.7 Å². The van der Waals surface area contributed by atoms with Gasteiger partial charge in [-0.2, -0.15) is 0 Å². The molecule has 0 aromatic heterocycles. The van der Waals surface area contributed by atoms with Crippen molar-refractivity contribution in [2.45, 2.75) is 6.10 Å². The number of amides is 2. The van der Waals surface area contributed by atoms with Gasteiger partial charge in [0.15, 0.2) is 0 Å². The van der Waals surface area contributed by atoms with Gasteiger partial charge in [-0.1, -0.05) is 0 Å². The molecule has 0 spiro atoms. The second-order valence-electron chi connectivity index (χ2n) is 6.04. The SMILES string of the molecule is COC(=S)NC[C@H]1CN(c2ccc(N3CC(=O)N(CO)C3)c(F)c2)C(=O)O1. The van der Waals surface area contributed by atoms with Gasteiger partial charge < -0.3 is 29.7 Å². The molecule has 9 nitrogen and oxygen atoms in total. The number of aliphatic hydroxyl groups is 1. The van der Waals surface area contributed by atoms with Gasteiger partial charge in [0.05, 0.1) is 44.8 Å². The minimum absolute atomic E-state index is 0.0181. The van der Waals surface area contributed by atoms with Crippen LogP contribution in [0, 0.1) is 5.82 Å². The summed E-state index contributed by atoms with van der Waals surface area (Å²) >= 11 is 4.87. The van der Waals surface area contributed by atoms with Crippen LogP contribution >= 0.6 is 12.2 Å². The molecular formula is C16H19FN4O5S. The van der Waals surface area contributed by atoms with E-state index in [9.17, 15) is 14.0 Å². The fraction of sp³-hybridized carbons (Fsp3) is 0.438. The number of nitrogens with zero attached hydrogens (tertiary/aromatic N) is 3. The predicted molar refractivity (Wildman–Crippen MR) is 97.8 cm³/mol. The van der Waals surface area contributed by atoms with E-state index in [1.54, 1.807) is 6.07 Å². The zero-order valence-electron chi connectivity index (χ0n) is 14.6. The third-order valence-corrected chi connectivity index (χ3v) is 4.62. The van der Waals surface area contributed by atoms with Crippen LogP contribution in [-0.4, -0.2) is 73.4 Å². The number of hydrogen-bond acceptors (Lipinski definition) is 7. The highest BCUT2D eigenvalue weighted by atomic mass is 32.1. The van der Waals surface area contributed by atoms with E-state index in [1.165, 1.54) is 33.9 Å². The molecule has 2 heterocycles. The number of benzene rings is 1. The maximum atomic E-state index is 14.6. The first kappa shape index (κ1) is 19.1. The minimum Gasteiger partial charge on any atom is -0.474 e. The van der Waals surface area contributed by atoms with Gasteiger partial charge in [0.25, 0.3) is 5.17 Å². The molecule has 2 fully saturated rings. The summed E-state index contributed by atoms with van der Waals surface area (Å²) in [5.74, 6) is -0.858. The van der Waals surface area contributed by atoms with Crippen LogP contribution in [0.25, 0.3) is 0 Å². The first-order chi connectivity index (χ1) is 12.9. The number of methoxy groups -OCH3 is 1. The second kappa shape index (κ2) is 7.92. The number of rotatable bonds is 5. The average molecular weight is 398 g/mol. The predicted octanol–water partition coefficient (Wildman–Crippen LogP) is 0.228. The maximum absolute atomic E-state index is 14.6. The number of halogens is 1. The van der Waals surface area contributed by atoms with Crippen molar-refractivity contribution >= 4 is 40.8 Å². The average Bonchev–Trinajstić information content (AvgIpc) is 3.21. The lowest BCUT2D eigenvalue weighted by molar-refractivity contribution is -0.129. The first-order valence-electron chi connectivity index (χ1n) is 8.16. The van der Waals surface area contributed by atoms with E-state index in [4.69, 9.17) is 26.8 Å². The lowest BCUT2D eigenvalue weighted by Gasteiger charge is -2.20. The number of hydrogen-bond donors (Lipinski definition) is 2. The lowest BCUT2D eigenvalue weighted by Crippen LogP contribution is -2.34. The monoisotopic (exact) mass is 398 g/mol. The van der Waals surface area contributed by atoms with Crippen molar-refractivity contribution in [3.63, 3.8) is 0 Å². The van der Waals surface area contributed by atoms with Crippen LogP contribution in [0.3, 0.4) is 0 Å². The van der Waals surface area contributed by atoms with Gasteiger partial charge in [-0.25, -0.2) is 9.18 Å². The summed E-state index contributed by atoms with van der Waals surface area (Å²) in [5, 5.41) is 12.1. The Morgan fingerprint density at radius 1 is 1.48 bits per heavy atom. The Morgan fingerprint density at radius 2 is 2.26 bits per heavy atom. The summed E-state index contributed by atoms with van der Waals surface area (Å²) in [6, 6.07) is 4.30. The standard InChI is InChI=1S/C16H19FN4O5S/c1-25-15(27)18-5-11-6-21(16(24)26-11)10-2-3-13(12(17)4-10)19-7-14(23)20(8-19)9-22/h2-4,11,22H,5-9H2,1H3,(H,18,27)/t11-/m0/s1. The molecule has 27 heavy (non-hydrogen) atoms. The second-order valence-corrected chi connectivity index (χ2v) is 6.41. The largest absolute Gasteiger partial charge is 0.474 e. The summed E-state index contributed by atoms with van der Waals surface area (Å²) in [6.45, 7) is 0.177. The molecule has 0 unspecified atom stereocenters. The number of carbonyl (C=O) groups is 2. The summed E-state index contributed by atoms with van der Waals surface area (Å²) in [5.41, 5.74) is 0.571. The maximum Gasteiger partial charge on any atom is 0.414 e. The summed E-state index contributed by atoms with van der Waals surface area (Å²) in [7, 11) is 1.43. The molecule has 2 N–H and O–H groups in total. The fourth-order valence-electron chi connectivity index (χ4n) is 2.91. The Hall–Kier alpha value is -2.66. The van der Waals surface area contributed by atoms with E-state index >= 15 is 0 Å². The van der Waals surface area contributed by atoms with E-state index in [2.05, 4.69) is 5.32 Å². The highest BCUT2D eigenvalue weighted by molar-refractivity contribution is 7.80. The highest BCUT2D eigenvalue weighted by Gasteiger charge is 2.34. The molecule has 1 aromatic carbocycles. The van der Waals surface area contributed by atoms with Crippen LogP contribution in [0.1, 0.15) is 0 Å². The minimum atomic E-state index is -0.583. The Bertz CT molecular complexity index is 764. The van der Waals surface area contributed by atoms with Crippen molar-refractivity contribution in [3.05, 3.63) is 24.0 Å². The van der Waals surface area contributed by atoms with Gasteiger partial charge in [0, 0.05) is 0 Å². The van der Waals surface area contributed by atoms with E-state index in [0.717, 1.165) is 0 Å². The van der Waals surface area contributed by atoms with Crippen molar-refractivity contribution < 1.29 is 28.6 Å². The molecule has 1 aromatic rings. The smallest absolute Gasteiger partial charge is 0.414 e. The number of anilines is 2. The molecule has 0 aliphatic carbocycles. The number of thiocarbonyl (C=S) groups is 1. The molecule has 0 radical (unpaired) electrons. The van der Waals surface area contributed by atoms with E-state index in [1.807, 2.05) is 0 Å². The third kappa shape index (κ3) is 4.03. The lowest BCUT2D eigenvalue weighted by atomic mass is 10.2. The molecule has 1 atom stereocenters. The molecule has 0 saturated carbocycles. The molecule has 2 aliphatic heterocycles. The highest BCUT2D eigenvalue weighted by Crippen LogP contribution is 2.29. The van der Waals surface area contributed by atoms with Gasteiger partial charge in [-0.05, 0) is 30.4 Å². The molecule has 2 amide bonds. The third-order valence-electron chi connectivity index (χ3n) is 4.31. The number of cyclic esters (lactones) is 1. The number of carbonyl (C=O) groups excluding carboxylic acids is 2. The summed E-state index contributed by atoms with van der Waals surface area (Å²) in [6.07, 6.45) is -1.04. The zero-order valence-corrected chi connectivity index (χ0v) is 15.4. The molecule has 11 heteroatoms. The molecule has 2 aliphatic rings. The number of ether oxygens (including phenoxy) is 2. The molecule has 2 saturated heterocycles. The Morgan fingerprint density at radius 3 is 2.89 bits per heavy atom. The van der Waals surface area contributed by atoms with Gasteiger partial charge in [-0.3, -0.25) is 9.69 Å². The Kier molecular flexibility index (Phi) is 5.61. The van der Waals surface area contributed by atoms with E-state index in [-0.39, 0.29) is 43.1 Å². The molecule has 146 valence electrons. The van der Waals surface area contributed by atoms with Crippen LogP contribution in [0.2, 0.25) is 0 Å². The van der Waals surface area contributed by atoms with Crippen molar-refractivity contribution in [3.8, 4) is 0 Å². The molecule has 0 bridgehead atoms. The zero-order chi connectivity index (χ0) is 19.6. The van der Waals surface area contributed by atoms with Crippen molar-refractivity contribution in [1.29, 1.82) is 0 Å². The van der Waals surface area contributed by atoms with Crippen LogP contribution in [0.15, 0.2) is 18.2 Å². The summed E-state index contributed by atoms with van der Waals surface area (Å²) in [4.78, 5) is 27.8. The normalized spacial score (nSPS) is 19.5. The van der Waals surface area contributed by atoms with Crippen molar-refractivity contribution in [1.82, 2.24) is 10.2 Å². The Labute approximate surface area is 160 Å². The number of aliphatic hydroxyl groups excluding tert-OH is 1. The van der Waals surface area contributed by atoms with E-state index < -0.39 is 24.7 Å².